The number of hydrogen-bond acceptors (Lipinski definition) is 5. The lowest BCUT2D eigenvalue weighted by atomic mass is 10.0. The SMILES string of the molecule is CC(C)[C@H](Nc1nc(CNC(=O)CCc2ccccc2)nc2ccccc12)C(N)=O. The molecule has 0 unspecified atom stereocenters. The second-order valence-electron chi connectivity index (χ2n) is 7.54. The molecule has 3 aromatic rings. The molecule has 3 rings (SSSR count). The fourth-order valence-corrected chi connectivity index (χ4v) is 3.20. The largest absolute Gasteiger partial charge is 0.368 e. The summed E-state index contributed by atoms with van der Waals surface area (Å²) in [4.78, 5) is 33.2. The molecule has 0 saturated heterocycles. The highest BCUT2D eigenvalue weighted by molar-refractivity contribution is 5.92. The van der Waals surface area contributed by atoms with Crippen LogP contribution in [-0.4, -0.2) is 27.8 Å². The van der Waals surface area contributed by atoms with Crippen molar-refractivity contribution in [1.29, 1.82) is 0 Å². The third-order valence-electron chi connectivity index (χ3n) is 4.84. The molecule has 156 valence electrons. The first-order chi connectivity index (χ1) is 14.4. The smallest absolute Gasteiger partial charge is 0.240 e. The molecule has 2 amide bonds. The number of hydrogen-bond donors (Lipinski definition) is 3. The minimum Gasteiger partial charge on any atom is -0.368 e. The summed E-state index contributed by atoms with van der Waals surface area (Å²) in [6, 6.07) is 16.8. The van der Waals surface area contributed by atoms with Gasteiger partial charge in [0.2, 0.25) is 11.8 Å². The highest BCUT2D eigenvalue weighted by Gasteiger charge is 2.21. The first kappa shape index (κ1) is 21.2. The predicted octanol–water partition coefficient (Wildman–Crippen LogP) is 2.80. The molecule has 0 radical (unpaired) electrons. The molecular weight excluding hydrogens is 378 g/mol. The second kappa shape index (κ2) is 9.82. The summed E-state index contributed by atoms with van der Waals surface area (Å²) in [5.74, 6) is 0.492. The molecule has 0 aliphatic carbocycles. The van der Waals surface area contributed by atoms with E-state index in [0.29, 0.717) is 24.5 Å². The number of amides is 2. The minimum absolute atomic E-state index is 0.00244. The second-order valence-corrected chi connectivity index (χ2v) is 7.54. The van der Waals surface area contributed by atoms with Crippen LogP contribution in [0.25, 0.3) is 10.9 Å². The van der Waals surface area contributed by atoms with Gasteiger partial charge in [-0.3, -0.25) is 9.59 Å². The van der Waals surface area contributed by atoms with Gasteiger partial charge < -0.3 is 16.4 Å². The van der Waals surface area contributed by atoms with Gasteiger partial charge >= 0.3 is 0 Å². The molecule has 0 saturated carbocycles. The van der Waals surface area contributed by atoms with Gasteiger partial charge in [-0.05, 0) is 30.0 Å². The lowest BCUT2D eigenvalue weighted by Crippen LogP contribution is -2.40. The van der Waals surface area contributed by atoms with Crippen molar-refractivity contribution < 1.29 is 9.59 Å². The summed E-state index contributed by atoms with van der Waals surface area (Å²) >= 11 is 0. The van der Waals surface area contributed by atoms with E-state index in [0.717, 1.165) is 16.5 Å². The van der Waals surface area contributed by atoms with E-state index in [-0.39, 0.29) is 18.4 Å². The summed E-state index contributed by atoms with van der Waals surface area (Å²) in [6.45, 7) is 4.04. The Morgan fingerprint density at radius 2 is 1.70 bits per heavy atom. The van der Waals surface area contributed by atoms with Crippen LogP contribution in [0.15, 0.2) is 54.6 Å². The fraction of sp³-hybridized carbons (Fsp3) is 0.304. The van der Waals surface area contributed by atoms with Crippen molar-refractivity contribution in [2.24, 2.45) is 11.7 Å². The van der Waals surface area contributed by atoms with Crippen molar-refractivity contribution in [3.05, 3.63) is 66.0 Å². The first-order valence-electron chi connectivity index (χ1n) is 10.1. The molecule has 2 aromatic carbocycles. The Morgan fingerprint density at radius 3 is 2.40 bits per heavy atom. The van der Waals surface area contributed by atoms with E-state index in [1.165, 1.54) is 0 Å². The van der Waals surface area contributed by atoms with Crippen molar-refractivity contribution >= 4 is 28.5 Å². The third-order valence-corrected chi connectivity index (χ3v) is 4.84. The number of carbonyl (C=O) groups excluding carboxylic acids is 2. The monoisotopic (exact) mass is 405 g/mol. The van der Waals surface area contributed by atoms with Gasteiger partial charge in [0.1, 0.15) is 11.9 Å². The predicted molar refractivity (Wildman–Crippen MR) is 118 cm³/mol. The summed E-state index contributed by atoms with van der Waals surface area (Å²) in [5, 5.41) is 6.83. The summed E-state index contributed by atoms with van der Waals surface area (Å²) in [5.41, 5.74) is 7.40. The van der Waals surface area contributed by atoms with Gasteiger partial charge in [0.25, 0.3) is 0 Å². The van der Waals surface area contributed by atoms with Crippen molar-refractivity contribution in [3.63, 3.8) is 0 Å². The quantitative estimate of drug-likeness (QED) is 0.507. The molecule has 0 aliphatic rings. The van der Waals surface area contributed by atoms with Crippen LogP contribution in [0.4, 0.5) is 5.82 Å². The number of rotatable bonds is 9. The Bertz CT molecular complexity index is 1020. The highest BCUT2D eigenvalue weighted by Crippen LogP contribution is 2.22. The standard InChI is InChI=1S/C23H27N5O2/c1-15(2)21(22(24)30)28-23-17-10-6-7-11-18(17)26-19(27-23)14-25-20(29)13-12-16-8-4-3-5-9-16/h3-11,15,21H,12-14H2,1-2H3,(H2,24,30)(H,25,29)(H,26,27,28)/t21-/m0/s1. The Balaban J connectivity index is 1.72. The number of nitrogens with one attached hydrogen (secondary N) is 2. The number of aryl methyl sites for hydroxylation is 1. The van der Waals surface area contributed by atoms with E-state index >= 15 is 0 Å². The number of benzene rings is 2. The Morgan fingerprint density at radius 1 is 1.00 bits per heavy atom. The van der Waals surface area contributed by atoms with Crippen molar-refractivity contribution in [2.75, 3.05) is 5.32 Å². The molecule has 30 heavy (non-hydrogen) atoms. The van der Waals surface area contributed by atoms with Crippen LogP contribution in [0.5, 0.6) is 0 Å². The number of carbonyl (C=O) groups is 2. The van der Waals surface area contributed by atoms with Gasteiger partial charge in [0.05, 0.1) is 12.1 Å². The average Bonchev–Trinajstić information content (AvgIpc) is 2.74. The number of para-hydroxylation sites is 1. The van der Waals surface area contributed by atoms with E-state index in [1.807, 2.05) is 68.4 Å². The van der Waals surface area contributed by atoms with Crippen molar-refractivity contribution in [3.8, 4) is 0 Å². The first-order valence-corrected chi connectivity index (χ1v) is 10.1. The molecule has 0 fully saturated rings. The van der Waals surface area contributed by atoms with Gasteiger partial charge in [-0.1, -0.05) is 56.3 Å². The van der Waals surface area contributed by atoms with Crippen LogP contribution in [0.3, 0.4) is 0 Å². The number of fused-ring (bicyclic) bond motifs is 1. The van der Waals surface area contributed by atoms with Crippen LogP contribution in [0, 0.1) is 5.92 Å². The van der Waals surface area contributed by atoms with Gasteiger partial charge in [-0.15, -0.1) is 0 Å². The molecule has 0 spiro atoms. The Labute approximate surface area is 176 Å². The summed E-state index contributed by atoms with van der Waals surface area (Å²) < 4.78 is 0. The van der Waals surface area contributed by atoms with Crippen LogP contribution >= 0.6 is 0 Å². The van der Waals surface area contributed by atoms with Gasteiger partial charge in [-0.2, -0.15) is 0 Å². The summed E-state index contributed by atoms with van der Waals surface area (Å²) in [7, 11) is 0. The zero-order chi connectivity index (χ0) is 21.5. The molecule has 7 heteroatoms. The molecule has 7 nitrogen and oxygen atoms in total. The van der Waals surface area contributed by atoms with E-state index in [9.17, 15) is 9.59 Å². The molecule has 0 aliphatic heterocycles. The van der Waals surface area contributed by atoms with Crippen molar-refractivity contribution in [2.45, 2.75) is 39.3 Å². The Kier molecular flexibility index (Phi) is 6.95. The van der Waals surface area contributed by atoms with E-state index < -0.39 is 11.9 Å². The van der Waals surface area contributed by atoms with Crippen LogP contribution in [-0.2, 0) is 22.6 Å². The van der Waals surface area contributed by atoms with Crippen LogP contribution < -0.4 is 16.4 Å². The van der Waals surface area contributed by atoms with Crippen LogP contribution in [0.2, 0.25) is 0 Å². The molecule has 0 bridgehead atoms. The maximum absolute atomic E-state index is 12.3. The summed E-state index contributed by atoms with van der Waals surface area (Å²) in [6.07, 6.45) is 1.06. The number of anilines is 1. The lowest BCUT2D eigenvalue weighted by Gasteiger charge is -2.21. The molecule has 1 atom stereocenters. The number of nitrogens with zero attached hydrogens (tertiary/aromatic N) is 2. The zero-order valence-electron chi connectivity index (χ0n) is 17.3. The maximum Gasteiger partial charge on any atom is 0.240 e. The molecular formula is C23H27N5O2. The molecule has 1 heterocycles. The Hall–Kier alpha value is -3.48. The van der Waals surface area contributed by atoms with E-state index in [2.05, 4.69) is 20.6 Å². The van der Waals surface area contributed by atoms with E-state index in [4.69, 9.17) is 5.73 Å². The normalized spacial score (nSPS) is 12.0. The average molecular weight is 406 g/mol. The van der Waals surface area contributed by atoms with Crippen molar-refractivity contribution in [1.82, 2.24) is 15.3 Å². The minimum atomic E-state index is -0.559. The lowest BCUT2D eigenvalue weighted by molar-refractivity contribution is -0.121. The number of aromatic nitrogens is 2. The molecule has 1 aromatic heterocycles. The van der Waals surface area contributed by atoms with Gasteiger partial charge in [0.15, 0.2) is 5.82 Å². The highest BCUT2D eigenvalue weighted by atomic mass is 16.2. The molecule has 4 N–H and O–H groups in total. The maximum atomic E-state index is 12.3. The number of nitrogens with two attached hydrogens (primary N) is 1. The van der Waals surface area contributed by atoms with Gasteiger partial charge in [-0.25, -0.2) is 9.97 Å². The zero-order valence-corrected chi connectivity index (χ0v) is 17.3. The van der Waals surface area contributed by atoms with Crippen LogP contribution in [0.1, 0.15) is 31.7 Å². The third kappa shape index (κ3) is 5.53. The number of primary amides is 1. The van der Waals surface area contributed by atoms with Gasteiger partial charge in [0, 0.05) is 11.8 Å². The topological polar surface area (TPSA) is 110 Å². The van der Waals surface area contributed by atoms with E-state index in [1.54, 1.807) is 0 Å². The fourth-order valence-electron chi connectivity index (χ4n) is 3.20.